The van der Waals surface area contributed by atoms with Gasteiger partial charge in [-0.2, -0.15) is 25.3 Å². The lowest BCUT2D eigenvalue weighted by atomic mass is 10.00. The Kier molecular flexibility index (Phi) is 52.0. The largest absolute Gasteiger partial charge is 0.508 e. The summed E-state index contributed by atoms with van der Waals surface area (Å²) in [7, 11) is 0. The van der Waals surface area contributed by atoms with Crippen LogP contribution in [0.1, 0.15) is 146 Å². The maximum atomic E-state index is 15.2. The maximum Gasteiger partial charge on any atom is 0.312 e. The molecule has 17 amide bonds. The zero-order valence-electron chi connectivity index (χ0n) is 79.7. The van der Waals surface area contributed by atoms with E-state index in [0.29, 0.717) is 16.7 Å². The molecule has 0 unspecified atom stereocenters. The number of phenols is 2. The lowest BCUT2D eigenvalue weighted by Crippen LogP contribution is -2.61. The second-order valence-corrected chi connectivity index (χ2v) is 34.8. The van der Waals surface area contributed by atoms with Crippen LogP contribution in [0.5, 0.6) is 11.5 Å². The second kappa shape index (κ2) is 62.8. The van der Waals surface area contributed by atoms with Gasteiger partial charge in [0.05, 0.1) is 0 Å². The fourth-order valence-electron chi connectivity index (χ4n) is 15.2. The van der Waals surface area contributed by atoms with E-state index >= 15 is 28.8 Å². The quantitative estimate of drug-likeness (QED) is 0.00846. The van der Waals surface area contributed by atoms with Crippen molar-refractivity contribution in [2.24, 2.45) is 40.1 Å². The summed E-state index contributed by atoms with van der Waals surface area (Å²) in [4.78, 5) is 254. The number of nitrogens with one attached hydrogen (secondary N) is 22. The lowest BCUT2D eigenvalue weighted by Gasteiger charge is -2.31. The van der Waals surface area contributed by atoms with Crippen LogP contribution in [-0.2, 0) is 101 Å². The zero-order valence-corrected chi connectivity index (χ0v) is 81.5. The Labute approximate surface area is 840 Å². The van der Waals surface area contributed by atoms with Crippen LogP contribution in [0.2, 0.25) is 0 Å². The summed E-state index contributed by atoms with van der Waals surface area (Å²) in [5.74, 6) is -20.7. The van der Waals surface area contributed by atoms with E-state index in [1.54, 1.807) is 24.3 Å². The van der Waals surface area contributed by atoms with Crippen molar-refractivity contribution in [1.82, 2.24) is 101 Å². The third kappa shape index (κ3) is 44.3. The summed E-state index contributed by atoms with van der Waals surface area (Å²) < 4.78 is 0. The molecule has 54 heteroatoms. The highest BCUT2D eigenvalue weighted by Gasteiger charge is 2.43. The number of carbonyl (C=O) groups excluding carboxylic acids is 16. The van der Waals surface area contributed by atoms with Crippen molar-refractivity contribution in [1.29, 1.82) is 21.6 Å². The summed E-state index contributed by atoms with van der Waals surface area (Å²) in [6.07, 6.45) is -4.32. The van der Waals surface area contributed by atoms with E-state index in [9.17, 15) is 78.0 Å². The van der Waals surface area contributed by atoms with Gasteiger partial charge >= 0.3 is 18.0 Å². The van der Waals surface area contributed by atoms with Crippen molar-refractivity contribution in [3.05, 3.63) is 108 Å². The minimum Gasteiger partial charge on any atom is -0.508 e. The third-order valence-corrected chi connectivity index (χ3v) is 23.4. The van der Waals surface area contributed by atoms with Crippen LogP contribution in [0.4, 0.5) is 4.79 Å². The van der Waals surface area contributed by atoms with Gasteiger partial charge < -0.3 is 161 Å². The molecule has 14 atom stereocenters. The van der Waals surface area contributed by atoms with Gasteiger partial charge in [-0.1, -0.05) is 66.7 Å². The molecule has 144 heavy (non-hydrogen) atoms. The Bertz CT molecular complexity index is 5110. The van der Waals surface area contributed by atoms with E-state index < -0.39 is 253 Å². The number of fused-ring (bicyclic) bond motifs is 1. The number of thiol groups is 2. The number of nitrogens with zero attached hydrogens (tertiary/aromatic N) is 1. The Morgan fingerprint density at radius 3 is 1.03 bits per heavy atom. The maximum absolute atomic E-state index is 15.2. The third-order valence-electron chi connectivity index (χ3n) is 22.7. The number of hydrogen-bond acceptors (Lipinski definition) is 27. The molecular formula is C90H136N30O22S2. The first kappa shape index (κ1) is 119. The van der Waals surface area contributed by atoms with Gasteiger partial charge in [-0.05, 0) is 167 Å². The van der Waals surface area contributed by atoms with Gasteiger partial charge in [0.15, 0.2) is 23.8 Å². The van der Waals surface area contributed by atoms with Gasteiger partial charge in [-0.3, -0.25) is 103 Å². The normalized spacial score (nSPS) is 14.7. The van der Waals surface area contributed by atoms with E-state index in [1.165, 1.54) is 55.5 Å². The standard InChI is InChI=1S/C90H136N30O22S2/c1-48(121)107-57(16-7-37-103-87(95)96)73(129)110-61(18-9-39-105-89(99)100)77(133)115-66(45-51-21-26-52-12-2-3-13-53(52)42-51)81(137)119-68(47-144)83(139)116-64(43-49-22-27-54(122)28-23-49)79(135)111-60(19-10-40-106-90(101)142)74(130)109-58(14-4-5-35-91)76(132)114-63(32-34-71(126)127)85(141)120-41-11-20-69(120)84(140)117-65(44-50-24-29-55(123)30-25-50)80(136)112-59(17-8-38-104-88(97)98)75(131)113-62(31-33-70(124)125)78(134)118-67(46-143)82(138)108-56(72(92)128)15-6-36-102-86(93)94/h2-3,12-13,21-30,42,56-69,122-123,143-144H,4-11,14-20,31-41,43-47,91H2,1H3,(H2,92,128)(H,107,121)(H,108,138)(H,109,130)(H,110,129)(H,111,135)(H,112,136)(H,113,131)(H,114,132)(H,115,133)(H,116,139)(H,117,140)(H,118,134)(H,119,137)(H,124,125)(H,126,127)(H4,93,94,102)(H4,95,96,103)(H4,97,98,104)(H4,99,100,105)(H3,101,106,142)/t56-,57-,58-,59-,60-,61-,62+,63+,64-,65-,66-,67-,68-,69-/m0/s1. The van der Waals surface area contributed by atoms with Gasteiger partial charge in [0.1, 0.15) is 96.1 Å². The molecule has 0 spiro atoms. The SMILES string of the molecule is CC(=O)N[C@@H](CCCNC(=N)N)C(=O)N[C@@H](CCCNC(=N)N)C(=O)N[C@@H](Cc1ccc2ccccc2c1)C(=O)N[C@@H](CS)C(=O)N[C@@H](Cc1ccc(O)cc1)C(=O)N[C@@H](CCCNC(N)=O)C(=O)N[C@@H](CCCCN)C(=O)N[C@H](CCC(=O)O)C(=O)N1CCC[C@H]1C(=O)N[C@@H](Cc1ccc(O)cc1)C(=O)N[C@@H](CCCNC(=N)N)C(=O)N[C@H](CCC(=O)O)C(=O)N[C@@H](CS)C(=O)N[C@@H](CCCNC(=N)N)C(N)=O. The molecule has 1 heterocycles. The van der Waals surface area contributed by atoms with Crippen molar-refractivity contribution >= 4 is 166 Å². The monoisotopic (exact) mass is 2050 g/mol. The number of carboxylic acid groups (broad SMARTS) is 2. The van der Waals surface area contributed by atoms with Gasteiger partial charge in [0.25, 0.3) is 0 Å². The number of nitrogens with two attached hydrogens (primary N) is 7. The molecule has 4 aromatic carbocycles. The minimum atomic E-state index is -1.81. The average molecular weight is 2050 g/mol. The van der Waals surface area contributed by atoms with Crippen molar-refractivity contribution < 1.29 is 107 Å². The Morgan fingerprint density at radius 1 is 0.361 bits per heavy atom. The number of amides is 17. The van der Waals surface area contributed by atoms with E-state index in [2.05, 4.69) is 121 Å². The Morgan fingerprint density at radius 2 is 0.667 bits per heavy atom. The van der Waals surface area contributed by atoms with E-state index in [1.807, 2.05) is 18.2 Å². The number of guanidine groups is 4. The molecule has 1 aliphatic rings. The fourth-order valence-corrected chi connectivity index (χ4v) is 15.7. The smallest absolute Gasteiger partial charge is 0.312 e. The van der Waals surface area contributed by atoms with Crippen LogP contribution in [0.25, 0.3) is 10.8 Å². The van der Waals surface area contributed by atoms with Gasteiger partial charge in [0.2, 0.25) is 88.6 Å². The van der Waals surface area contributed by atoms with Crippen molar-refractivity contribution in [3.8, 4) is 11.5 Å². The molecule has 5 rings (SSSR count). The van der Waals surface area contributed by atoms with Crippen LogP contribution in [0.15, 0.2) is 91.0 Å². The first-order valence-corrected chi connectivity index (χ1v) is 47.9. The predicted octanol–water partition coefficient (Wildman–Crippen LogP) is -6.70. The van der Waals surface area contributed by atoms with Crippen molar-refractivity contribution in [2.45, 2.75) is 233 Å². The second-order valence-electron chi connectivity index (χ2n) is 34.1. The molecule has 0 aromatic heterocycles. The fraction of sp³-hybridized carbons (Fsp3) is 0.511. The molecule has 1 aliphatic heterocycles. The number of hydrogen-bond donors (Lipinski definition) is 35. The highest BCUT2D eigenvalue weighted by molar-refractivity contribution is 7.80. The molecule has 0 aliphatic carbocycles. The molecule has 1 saturated heterocycles. The molecule has 0 saturated carbocycles. The number of phenolic OH excluding ortho intramolecular Hbond substituents is 2. The van der Waals surface area contributed by atoms with Crippen LogP contribution >= 0.6 is 25.3 Å². The molecule has 4 aromatic rings. The van der Waals surface area contributed by atoms with Crippen LogP contribution in [0, 0.1) is 21.6 Å². The van der Waals surface area contributed by atoms with Crippen molar-refractivity contribution in [3.63, 3.8) is 0 Å². The number of carbonyl (C=O) groups is 18. The highest BCUT2D eigenvalue weighted by Crippen LogP contribution is 2.24. The average Bonchev–Trinajstić information content (AvgIpc) is 1.67. The number of aliphatic carboxylic acids is 2. The Hall–Kier alpha value is -15.3. The number of aromatic hydroxyl groups is 2. The molecule has 790 valence electrons. The van der Waals surface area contributed by atoms with Crippen molar-refractivity contribution in [2.75, 3.05) is 57.3 Å². The highest BCUT2D eigenvalue weighted by atomic mass is 32.1. The first-order valence-electron chi connectivity index (χ1n) is 46.6. The summed E-state index contributed by atoms with van der Waals surface area (Å²) in [6, 6.07) is -0.0921. The summed E-state index contributed by atoms with van der Waals surface area (Å²) >= 11 is 8.62. The summed E-state index contributed by atoms with van der Waals surface area (Å²) in [5.41, 5.74) is 39.8. The number of likely N-dealkylation sites (tertiary alicyclic amines) is 1. The van der Waals surface area contributed by atoms with Crippen LogP contribution < -0.4 is 136 Å². The van der Waals surface area contributed by atoms with Gasteiger partial charge in [-0.25, -0.2) is 4.79 Å². The summed E-state index contributed by atoms with van der Waals surface area (Å²) in [6.45, 7) is 1.02. The number of rotatable bonds is 65. The molecule has 0 radical (unpaired) electrons. The van der Waals surface area contributed by atoms with Crippen LogP contribution in [0.3, 0.4) is 0 Å². The zero-order chi connectivity index (χ0) is 107. The summed E-state index contributed by atoms with van der Waals surface area (Å²) in [5, 5.41) is 118. The number of benzene rings is 4. The molecule has 40 N–H and O–H groups in total. The number of urea groups is 1. The Balaban J connectivity index is 1.47. The molecule has 0 bridgehead atoms. The topological polar surface area (TPSA) is 886 Å². The number of unbranched alkanes of at least 4 members (excludes halogenated alkanes) is 1. The number of primary amides is 2. The van der Waals surface area contributed by atoms with E-state index in [-0.39, 0.29) is 172 Å². The molecule has 52 nitrogen and oxygen atoms in total. The minimum absolute atomic E-state index is 0.0101. The van der Waals surface area contributed by atoms with Gasteiger partial charge in [-0.15, -0.1) is 0 Å². The van der Waals surface area contributed by atoms with E-state index in [4.69, 9.17) is 61.8 Å². The molecular weight excluding hydrogens is 1920 g/mol. The van der Waals surface area contributed by atoms with Gasteiger partial charge in [0, 0.05) is 89.8 Å². The van der Waals surface area contributed by atoms with E-state index in [0.717, 1.165) is 15.7 Å². The van der Waals surface area contributed by atoms with Crippen LogP contribution in [-0.4, -0.2) is 298 Å². The lowest BCUT2D eigenvalue weighted by molar-refractivity contribution is -0.143. The number of carboxylic acids is 2. The first-order chi connectivity index (χ1) is 68.4. The predicted molar refractivity (Wildman–Crippen MR) is 534 cm³/mol. The molecule has 1 fully saturated rings.